The molecular formula is C19H22FN3O5. The van der Waals surface area contributed by atoms with Crippen molar-refractivity contribution in [3.63, 3.8) is 0 Å². The molecule has 1 unspecified atom stereocenters. The summed E-state index contributed by atoms with van der Waals surface area (Å²) in [7, 11) is 0. The number of amides is 1. The molecular weight excluding hydrogens is 369 g/mol. The van der Waals surface area contributed by atoms with Crippen LogP contribution in [0.1, 0.15) is 48.6 Å². The van der Waals surface area contributed by atoms with Gasteiger partial charge in [-0.25, -0.2) is 4.79 Å². The average Bonchev–Trinajstić information content (AvgIpc) is 2.90. The maximum Gasteiger partial charge on any atom is 0.340 e. The van der Waals surface area contributed by atoms with Gasteiger partial charge in [-0.2, -0.15) is 4.39 Å². The summed E-state index contributed by atoms with van der Waals surface area (Å²) in [5.74, 6) is -2.34. The highest BCUT2D eigenvalue weighted by molar-refractivity contribution is 5.98. The normalized spacial score (nSPS) is 12.0. The topological polar surface area (TPSA) is 103 Å². The predicted octanol–water partition coefficient (Wildman–Crippen LogP) is 3.92. The zero-order chi connectivity index (χ0) is 21.2. The molecule has 0 fully saturated rings. The monoisotopic (exact) mass is 391 g/mol. The standard InChI is InChI=1S/C19H22FN3O5/c1-10(2)22-11(3)8-15(12(22)4)19(25)28-13(5)18(24)21-14-6-7-16(20)17(9-14)23(26)27/h6-10,13H,1-5H3,(H,21,24). The lowest BCUT2D eigenvalue weighted by Crippen LogP contribution is -2.30. The van der Waals surface area contributed by atoms with Crippen LogP contribution in [0.25, 0.3) is 0 Å². The van der Waals surface area contributed by atoms with Crippen molar-refractivity contribution in [1.29, 1.82) is 0 Å². The van der Waals surface area contributed by atoms with Gasteiger partial charge in [0.1, 0.15) is 0 Å². The van der Waals surface area contributed by atoms with Crippen LogP contribution < -0.4 is 5.32 Å². The van der Waals surface area contributed by atoms with Crippen LogP contribution in [-0.2, 0) is 9.53 Å². The maximum atomic E-state index is 13.4. The molecule has 2 aromatic rings. The van der Waals surface area contributed by atoms with Gasteiger partial charge in [-0.1, -0.05) is 0 Å². The molecule has 1 atom stereocenters. The van der Waals surface area contributed by atoms with E-state index in [2.05, 4.69) is 5.32 Å². The Balaban J connectivity index is 2.11. The van der Waals surface area contributed by atoms with Gasteiger partial charge in [-0.3, -0.25) is 14.9 Å². The molecule has 0 saturated heterocycles. The SMILES string of the molecule is Cc1cc(C(=O)OC(C)C(=O)Nc2ccc(F)c([N+](=O)[O-])c2)c(C)n1C(C)C. The number of halogens is 1. The first-order valence-corrected chi connectivity index (χ1v) is 8.67. The number of ether oxygens (including phenoxy) is 1. The molecule has 0 spiro atoms. The van der Waals surface area contributed by atoms with Crippen LogP contribution in [0.15, 0.2) is 24.3 Å². The molecule has 0 bridgehead atoms. The summed E-state index contributed by atoms with van der Waals surface area (Å²) in [6.45, 7) is 9.04. The van der Waals surface area contributed by atoms with Gasteiger partial charge >= 0.3 is 11.7 Å². The Morgan fingerprint density at radius 1 is 1.21 bits per heavy atom. The van der Waals surface area contributed by atoms with Gasteiger partial charge in [-0.15, -0.1) is 0 Å². The van der Waals surface area contributed by atoms with E-state index in [-0.39, 0.29) is 11.7 Å². The number of rotatable bonds is 6. The number of nitrogens with one attached hydrogen (secondary N) is 1. The van der Waals surface area contributed by atoms with Crippen molar-refractivity contribution in [1.82, 2.24) is 4.57 Å². The summed E-state index contributed by atoms with van der Waals surface area (Å²) in [4.78, 5) is 34.6. The summed E-state index contributed by atoms with van der Waals surface area (Å²) in [6.07, 6.45) is -1.15. The zero-order valence-corrected chi connectivity index (χ0v) is 16.3. The molecule has 1 N–H and O–H groups in total. The van der Waals surface area contributed by atoms with Gasteiger partial charge in [0, 0.05) is 29.2 Å². The third-order valence-electron chi connectivity index (χ3n) is 4.28. The minimum Gasteiger partial charge on any atom is -0.449 e. The second-order valence-electron chi connectivity index (χ2n) is 6.71. The molecule has 0 aliphatic heterocycles. The number of aromatic nitrogens is 1. The first-order chi connectivity index (χ1) is 13.0. The highest BCUT2D eigenvalue weighted by Gasteiger charge is 2.24. The maximum absolute atomic E-state index is 13.4. The third kappa shape index (κ3) is 4.36. The van der Waals surface area contributed by atoms with Gasteiger partial charge in [0.25, 0.3) is 5.91 Å². The van der Waals surface area contributed by atoms with Crippen LogP contribution in [0, 0.1) is 29.8 Å². The van der Waals surface area contributed by atoms with Crippen LogP contribution in [0.4, 0.5) is 15.8 Å². The summed E-state index contributed by atoms with van der Waals surface area (Å²) in [6, 6.07) is 4.83. The smallest absolute Gasteiger partial charge is 0.340 e. The van der Waals surface area contributed by atoms with Gasteiger partial charge in [0.05, 0.1) is 10.5 Å². The van der Waals surface area contributed by atoms with E-state index in [0.29, 0.717) is 5.56 Å². The number of hydrogen-bond acceptors (Lipinski definition) is 5. The fourth-order valence-electron chi connectivity index (χ4n) is 3.03. The van der Waals surface area contributed by atoms with Crippen molar-refractivity contribution in [2.75, 3.05) is 5.32 Å². The van der Waals surface area contributed by atoms with Crippen LogP contribution in [-0.4, -0.2) is 27.5 Å². The molecule has 1 amide bonds. The van der Waals surface area contributed by atoms with E-state index in [0.717, 1.165) is 23.5 Å². The molecule has 1 aromatic heterocycles. The number of nitro groups is 1. The van der Waals surface area contributed by atoms with E-state index in [1.54, 1.807) is 13.0 Å². The molecule has 8 nitrogen and oxygen atoms in total. The quantitative estimate of drug-likeness (QED) is 0.457. The molecule has 28 heavy (non-hydrogen) atoms. The lowest BCUT2D eigenvalue weighted by atomic mass is 10.2. The molecule has 1 aromatic carbocycles. The fourth-order valence-corrected chi connectivity index (χ4v) is 3.03. The number of aryl methyl sites for hydroxylation is 1. The van der Waals surface area contributed by atoms with Gasteiger partial charge < -0.3 is 14.6 Å². The highest BCUT2D eigenvalue weighted by Crippen LogP contribution is 2.23. The number of esters is 1. The van der Waals surface area contributed by atoms with E-state index in [4.69, 9.17) is 4.74 Å². The summed E-state index contributed by atoms with van der Waals surface area (Å²) in [5.41, 5.74) is 1.26. The molecule has 9 heteroatoms. The average molecular weight is 391 g/mol. The Hall–Kier alpha value is -3.23. The Labute approximate surface area is 161 Å². The van der Waals surface area contributed by atoms with Crippen LogP contribution in [0.3, 0.4) is 0 Å². The zero-order valence-electron chi connectivity index (χ0n) is 16.3. The molecule has 0 aliphatic carbocycles. The first-order valence-electron chi connectivity index (χ1n) is 8.67. The molecule has 0 aliphatic rings. The fraction of sp³-hybridized carbons (Fsp3) is 0.368. The number of benzene rings is 1. The number of anilines is 1. The number of hydrogen-bond donors (Lipinski definition) is 1. The Kier molecular flexibility index (Phi) is 6.17. The number of carbonyl (C=O) groups is 2. The van der Waals surface area contributed by atoms with Gasteiger partial charge in [-0.05, 0) is 52.8 Å². The van der Waals surface area contributed by atoms with E-state index in [1.165, 1.54) is 13.0 Å². The van der Waals surface area contributed by atoms with Crippen molar-refractivity contribution in [2.24, 2.45) is 0 Å². The van der Waals surface area contributed by atoms with E-state index in [9.17, 15) is 24.1 Å². The van der Waals surface area contributed by atoms with E-state index >= 15 is 0 Å². The third-order valence-corrected chi connectivity index (χ3v) is 4.28. The molecule has 150 valence electrons. The Morgan fingerprint density at radius 3 is 2.39 bits per heavy atom. The van der Waals surface area contributed by atoms with Crippen molar-refractivity contribution < 1.29 is 23.6 Å². The van der Waals surface area contributed by atoms with E-state index in [1.807, 2.05) is 25.3 Å². The van der Waals surface area contributed by atoms with Crippen LogP contribution in [0.5, 0.6) is 0 Å². The number of nitrogens with zero attached hydrogens (tertiary/aromatic N) is 2. The van der Waals surface area contributed by atoms with Crippen LogP contribution in [0.2, 0.25) is 0 Å². The predicted molar refractivity (Wildman–Crippen MR) is 101 cm³/mol. The first kappa shape index (κ1) is 21.1. The number of nitro benzene ring substituents is 1. The van der Waals surface area contributed by atoms with Crippen molar-refractivity contribution in [3.8, 4) is 0 Å². The molecule has 0 radical (unpaired) electrons. The van der Waals surface area contributed by atoms with E-state index < -0.39 is 34.4 Å². The van der Waals surface area contributed by atoms with Crippen LogP contribution >= 0.6 is 0 Å². The minimum atomic E-state index is -1.15. The van der Waals surface area contributed by atoms with Crippen molar-refractivity contribution >= 4 is 23.3 Å². The summed E-state index contributed by atoms with van der Waals surface area (Å²) in [5, 5.41) is 13.2. The second-order valence-corrected chi connectivity index (χ2v) is 6.71. The lowest BCUT2D eigenvalue weighted by Gasteiger charge is -2.15. The van der Waals surface area contributed by atoms with Crippen molar-refractivity contribution in [2.45, 2.75) is 46.8 Å². The molecule has 0 saturated carbocycles. The highest BCUT2D eigenvalue weighted by atomic mass is 19.1. The molecule has 1 heterocycles. The second kappa shape index (κ2) is 8.20. The summed E-state index contributed by atoms with van der Waals surface area (Å²) >= 11 is 0. The lowest BCUT2D eigenvalue weighted by molar-refractivity contribution is -0.387. The Morgan fingerprint density at radius 2 is 1.86 bits per heavy atom. The minimum absolute atomic E-state index is 0.0268. The largest absolute Gasteiger partial charge is 0.449 e. The van der Waals surface area contributed by atoms with Gasteiger partial charge in [0.15, 0.2) is 6.10 Å². The van der Waals surface area contributed by atoms with Gasteiger partial charge in [0.2, 0.25) is 5.82 Å². The molecule has 2 rings (SSSR count). The Bertz CT molecular complexity index is 936. The summed E-state index contributed by atoms with van der Waals surface area (Å²) < 4.78 is 20.6. The van der Waals surface area contributed by atoms with Crippen molar-refractivity contribution in [3.05, 3.63) is 57.1 Å². The number of carbonyl (C=O) groups excluding carboxylic acids is 2.